The fourth-order valence-electron chi connectivity index (χ4n) is 1.99. The van der Waals surface area contributed by atoms with Crippen molar-refractivity contribution in [2.24, 2.45) is 0 Å². The first-order valence-corrected chi connectivity index (χ1v) is 7.72. The van der Waals surface area contributed by atoms with E-state index in [1.54, 1.807) is 0 Å². The highest BCUT2D eigenvalue weighted by atomic mass is 35.5. The molecule has 108 valence electrons. The maximum atomic E-state index is 6.10. The van der Waals surface area contributed by atoms with Gasteiger partial charge in [0.05, 0.1) is 6.61 Å². The van der Waals surface area contributed by atoms with Gasteiger partial charge in [-0.15, -0.1) is 0 Å². The molecule has 0 aliphatic rings. The summed E-state index contributed by atoms with van der Waals surface area (Å²) in [6, 6.07) is 6.14. The third-order valence-electron chi connectivity index (χ3n) is 3.14. The molecule has 1 unspecified atom stereocenters. The molecule has 1 atom stereocenters. The van der Waals surface area contributed by atoms with E-state index in [0.717, 1.165) is 42.3 Å². The normalized spacial score (nSPS) is 12.4. The van der Waals surface area contributed by atoms with Gasteiger partial charge in [-0.05, 0) is 44.5 Å². The molecule has 1 aromatic carbocycles. The Balaban J connectivity index is 2.67. The van der Waals surface area contributed by atoms with E-state index in [-0.39, 0.29) is 6.04 Å². The van der Waals surface area contributed by atoms with E-state index in [2.05, 4.69) is 26.1 Å². The molecule has 0 radical (unpaired) electrons. The molecule has 2 nitrogen and oxygen atoms in total. The highest BCUT2D eigenvalue weighted by Gasteiger charge is 2.11. The van der Waals surface area contributed by atoms with Crippen LogP contribution < -0.4 is 10.1 Å². The monoisotopic (exact) mass is 283 g/mol. The zero-order valence-corrected chi connectivity index (χ0v) is 13.1. The minimum atomic E-state index is 0.264. The molecule has 0 amide bonds. The predicted molar refractivity (Wildman–Crippen MR) is 83.2 cm³/mol. The van der Waals surface area contributed by atoms with Crippen LogP contribution in [-0.4, -0.2) is 13.2 Å². The highest BCUT2D eigenvalue weighted by molar-refractivity contribution is 6.30. The van der Waals surface area contributed by atoms with Crippen LogP contribution in [0.5, 0.6) is 5.75 Å². The summed E-state index contributed by atoms with van der Waals surface area (Å²) < 4.78 is 5.90. The molecule has 0 fully saturated rings. The van der Waals surface area contributed by atoms with Gasteiger partial charge in [0.2, 0.25) is 0 Å². The molecule has 0 bridgehead atoms. The first-order valence-electron chi connectivity index (χ1n) is 7.34. The van der Waals surface area contributed by atoms with E-state index in [9.17, 15) is 0 Å². The van der Waals surface area contributed by atoms with E-state index in [1.165, 1.54) is 12.8 Å². The summed E-state index contributed by atoms with van der Waals surface area (Å²) in [6.45, 7) is 8.30. The summed E-state index contributed by atoms with van der Waals surface area (Å²) in [7, 11) is 0. The fourth-order valence-corrected chi connectivity index (χ4v) is 2.17. The number of rotatable bonds is 9. The van der Waals surface area contributed by atoms with Crippen LogP contribution >= 0.6 is 11.6 Å². The van der Waals surface area contributed by atoms with Gasteiger partial charge in [-0.25, -0.2) is 0 Å². The SMILES string of the molecule is CCCCCOc1ccc(Cl)cc1C(C)NCCC. The summed E-state index contributed by atoms with van der Waals surface area (Å²) in [5, 5.41) is 4.24. The van der Waals surface area contributed by atoms with E-state index in [0.29, 0.717) is 0 Å². The molecule has 0 aliphatic heterocycles. The quantitative estimate of drug-likeness (QED) is 0.646. The van der Waals surface area contributed by atoms with Crippen LogP contribution in [0.1, 0.15) is 58.1 Å². The van der Waals surface area contributed by atoms with E-state index >= 15 is 0 Å². The number of nitrogens with one attached hydrogen (secondary N) is 1. The van der Waals surface area contributed by atoms with Crippen LogP contribution in [0.4, 0.5) is 0 Å². The van der Waals surface area contributed by atoms with Gasteiger partial charge in [0.1, 0.15) is 5.75 Å². The second kappa shape index (κ2) is 9.22. The molecule has 0 saturated carbocycles. The zero-order valence-electron chi connectivity index (χ0n) is 12.3. The van der Waals surface area contributed by atoms with Crippen molar-refractivity contribution in [3.63, 3.8) is 0 Å². The van der Waals surface area contributed by atoms with Crippen LogP contribution in [-0.2, 0) is 0 Å². The largest absolute Gasteiger partial charge is 0.493 e. The number of ether oxygens (including phenoxy) is 1. The average molecular weight is 284 g/mol. The van der Waals surface area contributed by atoms with Crippen molar-refractivity contribution in [1.82, 2.24) is 5.32 Å². The number of hydrogen-bond donors (Lipinski definition) is 1. The Morgan fingerprint density at radius 3 is 2.68 bits per heavy atom. The molecule has 19 heavy (non-hydrogen) atoms. The molecule has 1 N–H and O–H groups in total. The van der Waals surface area contributed by atoms with E-state index < -0.39 is 0 Å². The Morgan fingerprint density at radius 2 is 2.00 bits per heavy atom. The Morgan fingerprint density at radius 1 is 1.21 bits per heavy atom. The number of benzene rings is 1. The summed E-state index contributed by atoms with van der Waals surface area (Å²) in [5.41, 5.74) is 1.15. The number of unbranched alkanes of at least 4 members (excludes halogenated alkanes) is 2. The first-order chi connectivity index (χ1) is 9.19. The van der Waals surface area contributed by atoms with Gasteiger partial charge in [0.15, 0.2) is 0 Å². The van der Waals surface area contributed by atoms with Gasteiger partial charge in [0.25, 0.3) is 0 Å². The topological polar surface area (TPSA) is 21.3 Å². The van der Waals surface area contributed by atoms with Crippen molar-refractivity contribution < 1.29 is 4.74 Å². The van der Waals surface area contributed by atoms with Crippen molar-refractivity contribution >= 4 is 11.6 Å². The maximum absolute atomic E-state index is 6.10. The lowest BCUT2D eigenvalue weighted by Gasteiger charge is -2.18. The minimum absolute atomic E-state index is 0.264. The van der Waals surface area contributed by atoms with Crippen molar-refractivity contribution in [2.45, 2.75) is 52.5 Å². The Hall–Kier alpha value is -0.730. The Kier molecular flexibility index (Phi) is 7.92. The third kappa shape index (κ3) is 5.84. The van der Waals surface area contributed by atoms with Crippen LogP contribution in [0.25, 0.3) is 0 Å². The molecule has 0 aromatic heterocycles. The molecule has 0 aliphatic carbocycles. The summed E-state index contributed by atoms with van der Waals surface area (Å²) >= 11 is 6.10. The van der Waals surface area contributed by atoms with E-state index in [4.69, 9.17) is 16.3 Å². The molecule has 0 saturated heterocycles. The van der Waals surface area contributed by atoms with Gasteiger partial charge >= 0.3 is 0 Å². The van der Waals surface area contributed by atoms with Crippen molar-refractivity contribution in [3.8, 4) is 5.75 Å². The zero-order chi connectivity index (χ0) is 14.1. The summed E-state index contributed by atoms with van der Waals surface area (Å²) in [4.78, 5) is 0. The molecule has 0 heterocycles. The van der Waals surface area contributed by atoms with Crippen LogP contribution in [0.2, 0.25) is 5.02 Å². The van der Waals surface area contributed by atoms with Crippen LogP contribution in [0.3, 0.4) is 0 Å². The van der Waals surface area contributed by atoms with Crippen LogP contribution in [0.15, 0.2) is 18.2 Å². The standard InChI is InChI=1S/C16H26ClNO/c1-4-6-7-11-19-16-9-8-14(17)12-15(16)13(3)18-10-5-2/h8-9,12-13,18H,4-7,10-11H2,1-3H3. The van der Waals surface area contributed by atoms with E-state index in [1.807, 2.05) is 18.2 Å². The molecule has 1 rings (SSSR count). The lowest BCUT2D eigenvalue weighted by Crippen LogP contribution is -2.20. The number of hydrogen-bond acceptors (Lipinski definition) is 2. The summed E-state index contributed by atoms with van der Waals surface area (Å²) in [6.07, 6.45) is 4.66. The van der Waals surface area contributed by atoms with Crippen LogP contribution in [0, 0.1) is 0 Å². The predicted octanol–water partition coefficient (Wildman–Crippen LogP) is 4.97. The van der Waals surface area contributed by atoms with Crippen molar-refractivity contribution in [2.75, 3.05) is 13.2 Å². The van der Waals surface area contributed by atoms with Gasteiger partial charge in [-0.3, -0.25) is 0 Å². The minimum Gasteiger partial charge on any atom is -0.493 e. The van der Waals surface area contributed by atoms with Gasteiger partial charge in [0, 0.05) is 16.6 Å². The first kappa shape index (κ1) is 16.3. The Labute approximate surface area is 122 Å². The molecular formula is C16H26ClNO. The maximum Gasteiger partial charge on any atom is 0.124 e. The third-order valence-corrected chi connectivity index (χ3v) is 3.38. The summed E-state index contributed by atoms with van der Waals surface area (Å²) in [5.74, 6) is 0.955. The lowest BCUT2D eigenvalue weighted by atomic mass is 10.1. The highest BCUT2D eigenvalue weighted by Crippen LogP contribution is 2.28. The average Bonchev–Trinajstić information content (AvgIpc) is 2.42. The van der Waals surface area contributed by atoms with Gasteiger partial charge in [-0.1, -0.05) is 38.3 Å². The Bertz CT molecular complexity index is 368. The molecule has 3 heteroatoms. The lowest BCUT2D eigenvalue weighted by molar-refractivity contribution is 0.300. The molecule has 1 aromatic rings. The van der Waals surface area contributed by atoms with Crippen molar-refractivity contribution in [3.05, 3.63) is 28.8 Å². The fraction of sp³-hybridized carbons (Fsp3) is 0.625. The molecular weight excluding hydrogens is 258 g/mol. The van der Waals surface area contributed by atoms with Gasteiger partial charge < -0.3 is 10.1 Å². The molecule has 0 spiro atoms. The second-order valence-electron chi connectivity index (χ2n) is 4.91. The smallest absolute Gasteiger partial charge is 0.124 e. The number of halogens is 1. The second-order valence-corrected chi connectivity index (χ2v) is 5.35. The van der Waals surface area contributed by atoms with Gasteiger partial charge in [-0.2, -0.15) is 0 Å². The van der Waals surface area contributed by atoms with Crippen molar-refractivity contribution in [1.29, 1.82) is 0 Å².